The summed E-state index contributed by atoms with van der Waals surface area (Å²) in [5.74, 6) is 1.50. The number of carbonyl (C=O) groups is 1. The molecule has 2 aromatic carbocycles. The van der Waals surface area contributed by atoms with Gasteiger partial charge in [-0.05, 0) is 24.3 Å². The summed E-state index contributed by atoms with van der Waals surface area (Å²) in [5, 5.41) is 2.82. The molecule has 0 aromatic heterocycles. The van der Waals surface area contributed by atoms with Crippen molar-refractivity contribution < 1.29 is 14.3 Å². The van der Waals surface area contributed by atoms with Gasteiger partial charge in [-0.25, -0.2) is 4.79 Å². The summed E-state index contributed by atoms with van der Waals surface area (Å²) >= 11 is 0. The quantitative estimate of drug-likeness (QED) is 0.891. The van der Waals surface area contributed by atoms with Gasteiger partial charge in [-0.3, -0.25) is 0 Å². The molecule has 0 unspecified atom stereocenters. The van der Waals surface area contributed by atoms with E-state index in [4.69, 9.17) is 9.47 Å². The van der Waals surface area contributed by atoms with Crippen molar-refractivity contribution in [2.75, 3.05) is 32.6 Å². The second kappa shape index (κ2) is 7.93. The van der Waals surface area contributed by atoms with Gasteiger partial charge < -0.3 is 19.7 Å². The van der Waals surface area contributed by atoms with Crippen molar-refractivity contribution >= 4 is 11.7 Å². The molecule has 0 bridgehead atoms. The molecule has 22 heavy (non-hydrogen) atoms. The summed E-state index contributed by atoms with van der Waals surface area (Å²) in [6.45, 7) is 0.927. The maximum atomic E-state index is 12.1. The van der Waals surface area contributed by atoms with E-state index in [2.05, 4.69) is 5.32 Å². The van der Waals surface area contributed by atoms with Gasteiger partial charge in [0.25, 0.3) is 0 Å². The number of amides is 2. The number of likely N-dealkylation sites (N-methyl/N-ethyl adjacent to an activating group) is 1. The lowest BCUT2D eigenvalue weighted by molar-refractivity contribution is 0.207. The van der Waals surface area contributed by atoms with Crippen LogP contribution in [0, 0.1) is 0 Å². The molecule has 0 spiro atoms. The van der Waals surface area contributed by atoms with Crippen LogP contribution in [-0.2, 0) is 0 Å². The summed E-state index contributed by atoms with van der Waals surface area (Å²) < 4.78 is 10.7. The fourth-order valence-corrected chi connectivity index (χ4v) is 1.84. The molecular weight excluding hydrogens is 280 g/mol. The molecule has 0 radical (unpaired) electrons. The van der Waals surface area contributed by atoms with Gasteiger partial charge in [0.05, 0.1) is 13.7 Å². The predicted octanol–water partition coefficient (Wildman–Crippen LogP) is 3.24. The van der Waals surface area contributed by atoms with Crippen molar-refractivity contribution in [2.45, 2.75) is 0 Å². The van der Waals surface area contributed by atoms with E-state index in [1.165, 1.54) is 0 Å². The summed E-state index contributed by atoms with van der Waals surface area (Å²) in [5.41, 5.74) is 0.695. The fourth-order valence-electron chi connectivity index (χ4n) is 1.84. The van der Waals surface area contributed by atoms with Crippen molar-refractivity contribution in [1.82, 2.24) is 4.90 Å². The first-order valence-electron chi connectivity index (χ1n) is 7.03. The number of urea groups is 1. The zero-order valence-corrected chi connectivity index (χ0v) is 12.8. The standard InChI is InChI=1S/C17H20N2O3/c1-19(11-12-22-15-8-4-3-5-9-15)17(20)18-14-7-6-10-16(13-14)21-2/h3-10,13H,11-12H2,1-2H3,(H,18,20). The zero-order valence-electron chi connectivity index (χ0n) is 12.8. The Balaban J connectivity index is 1.79. The summed E-state index contributed by atoms with van der Waals surface area (Å²) in [6.07, 6.45) is 0. The van der Waals surface area contributed by atoms with Gasteiger partial charge in [0.2, 0.25) is 0 Å². The molecule has 0 saturated carbocycles. The van der Waals surface area contributed by atoms with Crippen LogP contribution in [0.3, 0.4) is 0 Å². The topological polar surface area (TPSA) is 50.8 Å². The number of para-hydroxylation sites is 1. The number of benzene rings is 2. The fraction of sp³-hybridized carbons (Fsp3) is 0.235. The summed E-state index contributed by atoms with van der Waals surface area (Å²) in [6, 6.07) is 16.6. The average molecular weight is 300 g/mol. The highest BCUT2D eigenvalue weighted by Gasteiger charge is 2.09. The molecule has 2 rings (SSSR count). The molecule has 2 aromatic rings. The third-order valence-electron chi connectivity index (χ3n) is 3.11. The Bertz CT molecular complexity index is 602. The number of anilines is 1. The van der Waals surface area contributed by atoms with Gasteiger partial charge in [-0.1, -0.05) is 24.3 Å². The Labute approximate surface area is 130 Å². The van der Waals surface area contributed by atoms with E-state index < -0.39 is 0 Å². The first kappa shape index (κ1) is 15.7. The third-order valence-corrected chi connectivity index (χ3v) is 3.11. The predicted molar refractivity (Wildman–Crippen MR) is 86.6 cm³/mol. The minimum atomic E-state index is -0.190. The number of nitrogens with zero attached hydrogens (tertiary/aromatic N) is 1. The number of ether oxygens (including phenoxy) is 2. The lowest BCUT2D eigenvalue weighted by Gasteiger charge is -2.18. The smallest absolute Gasteiger partial charge is 0.321 e. The average Bonchev–Trinajstić information content (AvgIpc) is 2.56. The van der Waals surface area contributed by atoms with E-state index in [-0.39, 0.29) is 6.03 Å². The Hall–Kier alpha value is -2.69. The highest BCUT2D eigenvalue weighted by Crippen LogP contribution is 2.17. The van der Waals surface area contributed by atoms with Crippen LogP contribution in [0.2, 0.25) is 0 Å². The second-order valence-electron chi connectivity index (χ2n) is 4.75. The van der Waals surface area contributed by atoms with E-state index in [0.717, 1.165) is 5.75 Å². The maximum Gasteiger partial charge on any atom is 0.321 e. The normalized spacial score (nSPS) is 9.91. The molecule has 5 heteroatoms. The van der Waals surface area contributed by atoms with Crippen LogP contribution in [0.5, 0.6) is 11.5 Å². The number of hydrogen-bond donors (Lipinski definition) is 1. The van der Waals surface area contributed by atoms with Crippen LogP contribution in [0.4, 0.5) is 10.5 Å². The molecule has 0 saturated heterocycles. The van der Waals surface area contributed by atoms with Crippen LogP contribution in [-0.4, -0.2) is 38.2 Å². The van der Waals surface area contributed by atoms with Crippen molar-refractivity contribution in [3.8, 4) is 11.5 Å². The highest BCUT2D eigenvalue weighted by molar-refractivity contribution is 5.89. The first-order chi connectivity index (χ1) is 10.7. The van der Waals surface area contributed by atoms with E-state index in [9.17, 15) is 4.79 Å². The Morgan fingerprint density at radius 2 is 1.82 bits per heavy atom. The molecule has 116 valence electrons. The van der Waals surface area contributed by atoms with Gasteiger partial charge in [-0.2, -0.15) is 0 Å². The van der Waals surface area contributed by atoms with Crippen LogP contribution in [0.15, 0.2) is 54.6 Å². The first-order valence-corrected chi connectivity index (χ1v) is 7.03. The number of rotatable bonds is 6. The number of methoxy groups -OCH3 is 1. The van der Waals surface area contributed by atoms with Crippen LogP contribution < -0.4 is 14.8 Å². The molecule has 0 aliphatic rings. The summed E-state index contributed by atoms with van der Waals surface area (Å²) in [7, 11) is 3.32. The maximum absolute atomic E-state index is 12.1. The Kier molecular flexibility index (Phi) is 5.65. The van der Waals surface area contributed by atoms with E-state index in [1.54, 1.807) is 25.1 Å². The lowest BCUT2D eigenvalue weighted by Crippen LogP contribution is -2.34. The number of carbonyl (C=O) groups excluding carboxylic acids is 1. The van der Waals surface area contributed by atoms with E-state index >= 15 is 0 Å². The lowest BCUT2D eigenvalue weighted by atomic mass is 10.3. The van der Waals surface area contributed by atoms with Crippen molar-refractivity contribution in [3.05, 3.63) is 54.6 Å². The third kappa shape index (κ3) is 4.70. The van der Waals surface area contributed by atoms with Gasteiger partial charge in [0, 0.05) is 18.8 Å². The van der Waals surface area contributed by atoms with Crippen molar-refractivity contribution in [3.63, 3.8) is 0 Å². The molecule has 0 atom stereocenters. The minimum absolute atomic E-state index is 0.190. The Morgan fingerprint density at radius 1 is 1.09 bits per heavy atom. The van der Waals surface area contributed by atoms with E-state index in [1.807, 2.05) is 48.5 Å². The molecule has 2 amide bonds. The Morgan fingerprint density at radius 3 is 2.55 bits per heavy atom. The van der Waals surface area contributed by atoms with Gasteiger partial charge in [0.15, 0.2) is 0 Å². The SMILES string of the molecule is COc1cccc(NC(=O)N(C)CCOc2ccccc2)c1. The van der Waals surface area contributed by atoms with Gasteiger partial charge in [-0.15, -0.1) is 0 Å². The van der Waals surface area contributed by atoms with Gasteiger partial charge in [0.1, 0.15) is 18.1 Å². The minimum Gasteiger partial charge on any atom is -0.497 e. The van der Waals surface area contributed by atoms with Gasteiger partial charge >= 0.3 is 6.03 Å². The molecule has 0 heterocycles. The molecule has 0 aliphatic heterocycles. The van der Waals surface area contributed by atoms with E-state index in [0.29, 0.717) is 24.6 Å². The molecule has 5 nitrogen and oxygen atoms in total. The molecule has 0 aliphatic carbocycles. The van der Waals surface area contributed by atoms with Crippen molar-refractivity contribution in [2.24, 2.45) is 0 Å². The number of hydrogen-bond acceptors (Lipinski definition) is 3. The highest BCUT2D eigenvalue weighted by atomic mass is 16.5. The zero-order chi connectivity index (χ0) is 15.8. The second-order valence-corrected chi connectivity index (χ2v) is 4.75. The van der Waals surface area contributed by atoms with Crippen molar-refractivity contribution in [1.29, 1.82) is 0 Å². The van der Waals surface area contributed by atoms with Crippen LogP contribution in [0.25, 0.3) is 0 Å². The largest absolute Gasteiger partial charge is 0.497 e. The molecular formula is C17H20N2O3. The summed E-state index contributed by atoms with van der Waals surface area (Å²) in [4.78, 5) is 13.6. The van der Waals surface area contributed by atoms with Crippen LogP contribution in [0.1, 0.15) is 0 Å². The monoisotopic (exact) mass is 300 g/mol. The molecule has 0 fully saturated rings. The molecule has 1 N–H and O–H groups in total. The van der Waals surface area contributed by atoms with Crippen LogP contribution >= 0.6 is 0 Å². The number of nitrogens with one attached hydrogen (secondary N) is 1.